The van der Waals surface area contributed by atoms with Gasteiger partial charge in [0.05, 0.1) is 0 Å². The maximum atomic E-state index is 12.1. The van der Waals surface area contributed by atoms with E-state index in [9.17, 15) is 9.59 Å². The van der Waals surface area contributed by atoms with E-state index in [1.165, 1.54) is 0 Å². The molecule has 1 aromatic rings. The Morgan fingerprint density at radius 2 is 1.88 bits per heavy atom. The first-order chi connectivity index (χ1) is 11.4. The second-order valence-corrected chi connectivity index (χ2v) is 6.09. The van der Waals surface area contributed by atoms with Crippen molar-refractivity contribution in [2.24, 2.45) is 5.92 Å². The summed E-state index contributed by atoms with van der Waals surface area (Å²) in [6, 6.07) is 6.90. The molecule has 0 aliphatic carbocycles. The zero-order valence-corrected chi connectivity index (χ0v) is 15.3. The van der Waals surface area contributed by atoms with Crippen molar-refractivity contribution in [1.29, 1.82) is 0 Å². The summed E-state index contributed by atoms with van der Waals surface area (Å²) < 4.78 is 5.54. The highest BCUT2D eigenvalue weighted by Crippen LogP contribution is 2.18. The minimum atomic E-state index is -0.167. The third-order valence-corrected chi connectivity index (χ3v) is 3.55. The number of urea groups is 1. The summed E-state index contributed by atoms with van der Waals surface area (Å²) in [5, 5.41) is 2.83. The molecule has 0 bridgehead atoms. The minimum absolute atomic E-state index is 0.00761. The van der Waals surface area contributed by atoms with Gasteiger partial charge in [0.25, 0.3) is 5.91 Å². The van der Waals surface area contributed by atoms with Crippen molar-refractivity contribution in [3.05, 3.63) is 24.3 Å². The van der Waals surface area contributed by atoms with E-state index >= 15 is 0 Å². The van der Waals surface area contributed by atoms with E-state index in [1.54, 1.807) is 41.1 Å². The summed E-state index contributed by atoms with van der Waals surface area (Å²) in [5.41, 5.74) is 0.642. The van der Waals surface area contributed by atoms with Gasteiger partial charge in [-0.2, -0.15) is 0 Å². The largest absolute Gasteiger partial charge is 0.484 e. The molecule has 6 heteroatoms. The maximum absolute atomic E-state index is 12.1. The molecule has 3 amide bonds. The summed E-state index contributed by atoms with van der Waals surface area (Å²) in [4.78, 5) is 27.4. The van der Waals surface area contributed by atoms with Crippen LogP contribution in [0.1, 0.15) is 27.7 Å². The van der Waals surface area contributed by atoms with Crippen LogP contribution in [0.2, 0.25) is 0 Å². The van der Waals surface area contributed by atoms with Crippen LogP contribution in [0.4, 0.5) is 10.5 Å². The molecule has 0 unspecified atom stereocenters. The molecule has 0 saturated carbocycles. The molecule has 0 radical (unpaired) electrons. The van der Waals surface area contributed by atoms with Crippen LogP contribution in [0, 0.1) is 5.92 Å². The molecule has 6 nitrogen and oxygen atoms in total. The molecular weight excluding hydrogens is 306 g/mol. The summed E-state index contributed by atoms with van der Waals surface area (Å²) >= 11 is 0. The molecule has 1 N–H and O–H groups in total. The van der Waals surface area contributed by atoms with Crippen LogP contribution in [0.3, 0.4) is 0 Å². The Hall–Kier alpha value is -2.24. The number of rotatable bonds is 8. The third kappa shape index (κ3) is 6.48. The van der Waals surface area contributed by atoms with Crippen LogP contribution in [0.15, 0.2) is 24.3 Å². The highest BCUT2D eigenvalue weighted by atomic mass is 16.5. The van der Waals surface area contributed by atoms with Gasteiger partial charge < -0.3 is 19.9 Å². The zero-order valence-electron chi connectivity index (χ0n) is 15.3. The summed E-state index contributed by atoms with van der Waals surface area (Å²) in [6.45, 7) is 9.99. The average Bonchev–Trinajstić information content (AvgIpc) is 2.53. The lowest BCUT2D eigenvalue weighted by atomic mass is 10.2. The number of anilines is 1. The van der Waals surface area contributed by atoms with Gasteiger partial charge in [0.2, 0.25) is 0 Å². The van der Waals surface area contributed by atoms with Gasteiger partial charge in [-0.15, -0.1) is 0 Å². The number of carbonyl (C=O) groups is 2. The van der Waals surface area contributed by atoms with Crippen LogP contribution >= 0.6 is 0 Å². The molecule has 0 spiro atoms. The Labute approximate surface area is 144 Å². The maximum Gasteiger partial charge on any atom is 0.321 e. The fourth-order valence-electron chi connectivity index (χ4n) is 2.33. The monoisotopic (exact) mass is 335 g/mol. The van der Waals surface area contributed by atoms with Crippen LogP contribution < -0.4 is 10.1 Å². The lowest BCUT2D eigenvalue weighted by Crippen LogP contribution is -2.34. The van der Waals surface area contributed by atoms with E-state index in [4.69, 9.17) is 4.74 Å². The third-order valence-electron chi connectivity index (χ3n) is 3.55. The smallest absolute Gasteiger partial charge is 0.321 e. The van der Waals surface area contributed by atoms with E-state index in [-0.39, 0.29) is 18.5 Å². The number of hydrogen-bond acceptors (Lipinski definition) is 3. The fraction of sp³-hybridized carbons (Fsp3) is 0.556. The molecule has 0 aliphatic rings. The Bertz CT molecular complexity index is 542. The summed E-state index contributed by atoms with van der Waals surface area (Å²) in [5.74, 6) is 0.910. The van der Waals surface area contributed by atoms with Crippen molar-refractivity contribution in [2.75, 3.05) is 38.6 Å². The first-order valence-electron chi connectivity index (χ1n) is 8.40. The van der Waals surface area contributed by atoms with Gasteiger partial charge in [0.1, 0.15) is 5.75 Å². The molecule has 0 atom stereocenters. The second kappa shape index (κ2) is 9.80. The standard InChI is InChI=1S/C18H29N3O3/c1-6-21(7-2)17(22)13-24-16-10-8-9-15(11-16)19-18(23)20(5)12-14(3)4/h8-11,14H,6-7,12-13H2,1-5H3,(H,19,23). The number of amides is 3. The van der Waals surface area contributed by atoms with Gasteiger partial charge in [0.15, 0.2) is 6.61 Å². The molecule has 1 aromatic carbocycles. The average molecular weight is 335 g/mol. The molecule has 134 valence electrons. The van der Waals surface area contributed by atoms with E-state index in [2.05, 4.69) is 19.2 Å². The van der Waals surface area contributed by atoms with Crippen molar-refractivity contribution >= 4 is 17.6 Å². The number of nitrogens with one attached hydrogen (secondary N) is 1. The van der Waals surface area contributed by atoms with Crippen molar-refractivity contribution in [3.8, 4) is 5.75 Å². The number of hydrogen-bond donors (Lipinski definition) is 1. The Balaban J connectivity index is 2.60. The van der Waals surface area contributed by atoms with Gasteiger partial charge in [-0.05, 0) is 31.9 Å². The van der Waals surface area contributed by atoms with E-state index < -0.39 is 0 Å². The molecular formula is C18H29N3O3. The van der Waals surface area contributed by atoms with Gasteiger partial charge in [0, 0.05) is 38.4 Å². The second-order valence-electron chi connectivity index (χ2n) is 6.09. The molecule has 0 aliphatic heterocycles. The molecule has 0 fully saturated rings. The van der Waals surface area contributed by atoms with Gasteiger partial charge in [-0.25, -0.2) is 4.79 Å². The molecule has 0 heterocycles. The number of likely N-dealkylation sites (N-methyl/N-ethyl adjacent to an activating group) is 1. The number of benzene rings is 1. The molecule has 24 heavy (non-hydrogen) atoms. The summed E-state index contributed by atoms with van der Waals surface area (Å²) in [7, 11) is 1.76. The lowest BCUT2D eigenvalue weighted by molar-refractivity contribution is -0.132. The van der Waals surface area contributed by atoms with Crippen molar-refractivity contribution in [2.45, 2.75) is 27.7 Å². The Morgan fingerprint density at radius 1 is 1.21 bits per heavy atom. The minimum Gasteiger partial charge on any atom is -0.484 e. The zero-order chi connectivity index (χ0) is 18.1. The van der Waals surface area contributed by atoms with Crippen LogP contribution in [0.5, 0.6) is 5.75 Å². The molecule has 0 aromatic heterocycles. The van der Waals surface area contributed by atoms with Crippen LogP contribution in [0.25, 0.3) is 0 Å². The van der Waals surface area contributed by atoms with Crippen LogP contribution in [-0.4, -0.2) is 55.0 Å². The van der Waals surface area contributed by atoms with E-state index in [1.807, 2.05) is 13.8 Å². The van der Waals surface area contributed by atoms with Gasteiger partial charge >= 0.3 is 6.03 Å². The Kier molecular flexibility index (Phi) is 8.09. The SMILES string of the molecule is CCN(CC)C(=O)COc1cccc(NC(=O)N(C)CC(C)C)c1. The van der Waals surface area contributed by atoms with Crippen molar-refractivity contribution in [1.82, 2.24) is 9.80 Å². The number of carbonyl (C=O) groups excluding carboxylic acids is 2. The first kappa shape index (κ1) is 19.8. The molecule has 1 rings (SSSR count). The van der Waals surface area contributed by atoms with E-state index in [0.717, 1.165) is 0 Å². The highest BCUT2D eigenvalue weighted by Gasteiger charge is 2.12. The number of nitrogens with zero attached hydrogens (tertiary/aromatic N) is 2. The highest BCUT2D eigenvalue weighted by molar-refractivity contribution is 5.89. The molecule has 0 saturated heterocycles. The number of ether oxygens (including phenoxy) is 1. The predicted molar refractivity (Wildman–Crippen MR) is 96.4 cm³/mol. The van der Waals surface area contributed by atoms with E-state index in [0.29, 0.717) is 37.0 Å². The topological polar surface area (TPSA) is 61.9 Å². The first-order valence-corrected chi connectivity index (χ1v) is 8.40. The lowest BCUT2D eigenvalue weighted by Gasteiger charge is -2.20. The quantitative estimate of drug-likeness (QED) is 0.794. The van der Waals surface area contributed by atoms with Gasteiger partial charge in [-0.1, -0.05) is 19.9 Å². The summed E-state index contributed by atoms with van der Waals surface area (Å²) in [6.07, 6.45) is 0. The Morgan fingerprint density at radius 3 is 2.46 bits per heavy atom. The fourth-order valence-corrected chi connectivity index (χ4v) is 2.33. The van der Waals surface area contributed by atoms with Crippen molar-refractivity contribution < 1.29 is 14.3 Å². The van der Waals surface area contributed by atoms with Crippen LogP contribution in [-0.2, 0) is 4.79 Å². The normalized spacial score (nSPS) is 10.4. The van der Waals surface area contributed by atoms with Crippen molar-refractivity contribution in [3.63, 3.8) is 0 Å². The van der Waals surface area contributed by atoms with Gasteiger partial charge in [-0.3, -0.25) is 4.79 Å². The predicted octanol–water partition coefficient (Wildman–Crippen LogP) is 3.05.